The lowest BCUT2D eigenvalue weighted by Gasteiger charge is -2.34. The first-order chi connectivity index (χ1) is 23.8. The van der Waals surface area contributed by atoms with E-state index in [1.165, 1.54) is 0 Å². The Bertz CT molecular complexity index is 2080. The van der Waals surface area contributed by atoms with E-state index in [4.69, 9.17) is 21.3 Å². The molecule has 3 saturated heterocycles. The van der Waals surface area contributed by atoms with E-state index in [9.17, 15) is 9.59 Å². The summed E-state index contributed by atoms with van der Waals surface area (Å²) in [5.74, 6) is -0.186. The highest BCUT2D eigenvalue weighted by Crippen LogP contribution is 2.38. The molecule has 3 aliphatic heterocycles. The number of nitrogens with zero attached hydrogens (tertiary/aromatic N) is 5. The van der Waals surface area contributed by atoms with Crippen molar-refractivity contribution in [3.8, 4) is 17.3 Å². The lowest BCUT2D eigenvalue weighted by Crippen LogP contribution is -2.51. The first kappa shape index (κ1) is 31.6. The zero-order valence-electron chi connectivity index (χ0n) is 26.9. The smallest absolute Gasteiger partial charge is 0.319 e. The second-order valence-electron chi connectivity index (χ2n) is 13.3. The zero-order chi connectivity index (χ0) is 33.6. The molecule has 4 atom stereocenters. The van der Waals surface area contributed by atoms with Gasteiger partial charge in [0.15, 0.2) is 5.82 Å². The molecule has 0 radical (unpaired) electrons. The van der Waals surface area contributed by atoms with E-state index in [0.717, 1.165) is 43.0 Å². The molecular weight excluding hydrogens is 645 g/mol. The van der Waals surface area contributed by atoms with E-state index in [1.54, 1.807) is 36.5 Å². The lowest BCUT2D eigenvalue weighted by atomic mass is 10.0. The second kappa shape index (κ2) is 13.0. The third-order valence-corrected chi connectivity index (χ3v) is 10.3. The van der Waals surface area contributed by atoms with Crippen molar-refractivity contribution < 1.29 is 18.7 Å². The third-order valence-electron chi connectivity index (χ3n) is 9.98. The molecule has 2 bridgehead atoms. The molecule has 5 aromatic rings. The van der Waals surface area contributed by atoms with E-state index in [-0.39, 0.29) is 41.8 Å². The maximum absolute atomic E-state index is 16.7. The van der Waals surface area contributed by atoms with Crippen LogP contribution in [0.1, 0.15) is 40.0 Å². The summed E-state index contributed by atoms with van der Waals surface area (Å²) in [4.78, 5) is 42.5. The van der Waals surface area contributed by atoms with Gasteiger partial charge >= 0.3 is 6.01 Å². The predicted molar refractivity (Wildman–Crippen MR) is 187 cm³/mol. The number of benzene rings is 3. The summed E-state index contributed by atoms with van der Waals surface area (Å²) in [6, 6.07) is 18.5. The number of ether oxygens (including phenoxy) is 1. The van der Waals surface area contributed by atoms with Gasteiger partial charge in [0.1, 0.15) is 29.9 Å². The molecule has 12 heteroatoms. The van der Waals surface area contributed by atoms with Gasteiger partial charge in [0.25, 0.3) is 5.91 Å². The van der Waals surface area contributed by atoms with Crippen molar-refractivity contribution in [1.29, 1.82) is 0 Å². The number of aromatic nitrogens is 3. The highest BCUT2D eigenvalue weighted by atomic mass is 35.5. The van der Waals surface area contributed by atoms with Crippen LogP contribution in [0.25, 0.3) is 32.9 Å². The van der Waals surface area contributed by atoms with Crippen LogP contribution in [0.2, 0.25) is 5.02 Å². The van der Waals surface area contributed by atoms with Gasteiger partial charge in [0.2, 0.25) is 0 Å². The Kier molecular flexibility index (Phi) is 8.35. The monoisotopic (exact) mass is 679 g/mol. The first-order valence-electron chi connectivity index (χ1n) is 16.6. The summed E-state index contributed by atoms with van der Waals surface area (Å²) in [5.41, 5.74) is 1.78. The topological polar surface area (TPSA) is 113 Å². The number of rotatable bonds is 8. The summed E-state index contributed by atoms with van der Waals surface area (Å²) < 4.78 is 23.0. The summed E-state index contributed by atoms with van der Waals surface area (Å²) >= 11 is 6.62. The van der Waals surface area contributed by atoms with Crippen molar-refractivity contribution in [2.75, 3.05) is 38.2 Å². The van der Waals surface area contributed by atoms with Crippen LogP contribution in [0.5, 0.6) is 6.01 Å². The maximum Gasteiger partial charge on any atom is 0.319 e. The number of anilines is 1. The number of amides is 1. The summed E-state index contributed by atoms with van der Waals surface area (Å²) in [5, 5.41) is 9.39. The minimum atomic E-state index is -0.559. The van der Waals surface area contributed by atoms with Gasteiger partial charge in [-0.2, -0.15) is 9.97 Å². The molecule has 0 spiro atoms. The quantitative estimate of drug-likeness (QED) is 0.212. The largest absolute Gasteiger partial charge is 0.462 e. The molecule has 49 heavy (non-hydrogen) atoms. The molecule has 0 saturated carbocycles. The molecule has 3 fully saturated rings. The van der Waals surface area contributed by atoms with Crippen LogP contribution in [0.15, 0.2) is 66.9 Å². The highest BCUT2D eigenvalue weighted by Gasteiger charge is 2.35. The third kappa shape index (κ3) is 6.07. The van der Waals surface area contributed by atoms with Crippen LogP contribution < -0.4 is 20.3 Å². The summed E-state index contributed by atoms with van der Waals surface area (Å²) in [6.45, 7) is 2.36. The number of likely N-dealkylation sites (N-methyl/N-ethyl adjacent to an activating group) is 1. The molecule has 1 amide bonds. The summed E-state index contributed by atoms with van der Waals surface area (Å²) in [7, 11) is 1.98. The Balaban J connectivity index is 1.09. The van der Waals surface area contributed by atoms with E-state index < -0.39 is 5.82 Å². The molecule has 5 heterocycles. The van der Waals surface area contributed by atoms with Gasteiger partial charge in [-0.15, -0.1) is 0 Å². The van der Waals surface area contributed by atoms with Crippen molar-refractivity contribution in [3.63, 3.8) is 0 Å². The zero-order valence-corrected chi connectivity index (χ0v) is 27.7. The number of carbonyl (C=O) groups excluding carboxylic acids is 2. The van der Waals surface area contributed by atoms with Crippen molar-refractivity contribution >= 4 is 51.3 Å². The van der Waals surface area contributed by atoms with Gasteiger partial charge in [-0.25, -0.2) is 4.39 Å². The van der Waals surface area contributed by atoms with Crippen LogP contribution in [0.4, 0.5) is 10.2 Å². The number of fused-ring (bicyclic) bond motifs is 4. The number of aldehydes is 1. The van der Waals surface area contributed by atoms with Crippen LogP contribution in [-0.4, -0.2) is 89.5 Å². The molecule has 2 aromatic heterocycles. The van der Waals surface area contributed by atoms with Crippen LogP contribution >= 0.6 is 11.6 Å². The van der Waals surface area contributed by atoms with Crippen molar-refractivity contribution in [2.45, 2.75) is 43.4 Å². The normalized spacial score (nSPS) is 22.1. The molecule has 0 aliphatic carbocycles. The van der Waals surface area contributed by atoms with Gasteiger partial charge in [0, 0.05) is 77.1 Å². The fraction of sp³-hybridized carbons (Fsp3) is 0.324. The minimum absolute atomic E-state index is 0.0416. The van der Waals surface area contributed by atoms with Crippen LogP contribution in [0.3, 0.4) is 0 Å². The molecule has 3 aliphatic rings. The standard InChI is InChI=1S/C37H35ClFN7O3/c1-45-16-26(42-36(48)23-8-2-5-21(13-23)19-47)14-27(45)20-49-37-43-34-29(35(44-37)46-17-24-11-12-25(18-46)41-24)15-40-33(32(34)39)28-9-3-6-22-7-4-10-30(38)31(22)28/h2-10,13,15,19,24-27,41H,11-12,14,16-18,20H2,1H3,(H,42,48)/t24?,25?,26-,27+/m1/s1. The Morgan fingerprint density at radius 2 is 1.86 bits per heavy atom. The number of halogens is 2. The lowest BCUT2D eigenvalue weighted by molar-refractivity contribution is 0.0938. The number of likely N-dealkylation sites (tertiary alicyclic amines) is 1. The molecule has 2 unspecified atom stereocenters. The Hall–Kier alpha value is -4.71. The highest BCUT2D eigenvalue weighted by molar-refractivity contribution is 6.36. The number of carbonyl (C=O) groups is 2. The molecule has 10 nitrogen and oxygen atoms in total. The number of nitrogens with one attached hydrogen (secondary N) is 2. The van der Waals surface area contributed by atoms with E-state index >= 15 is 4.39 Å². The number of hydrogen-bond acceptors (Lipinski definition) is 9. The van der Waals surface area contributed by atoms with Crippen molar-refractivity contribution in [2.24, 2.45) is 0 Å². The second-order valence-corrected chi connectivity index (χ2v) is 13.7. The molecule has 3 aromatic carbocycles. The number of pyridine rings is 1. The van der Waals surface area contributed by atoms with Gasteiger partial charge in [0.05, 0.1) is 5.39 Å². The van der Waals surface area contributed by atoms with E-state index in [1.807, 2.05) is 37.4 Å². The molecule has 8 rings (SSSR count). The van der Waals surface area contributed by atoms with Gasteiger partial charge in [-0.3, -0.25) is 19.5 Å². The average molecular weight is 680 g/mol. The molecular formula is C37H35ClFN7O3. The van der Waals surface area contributed by atoms with Gasteiger partial charge in [-0.1, -0.05) is 54.1 Å². The molecule has 2 N–H and O–H groups in total. The van der Waals surface area contributed by atoms with Crippen molar-refractivity contribution in [3.05, 3.63) is 88.8 Å². The summed E-state index contributed by atoms with van der Waals surface area (Å²) in [6.07, 6.45) is 5.19. The maximum atomic E-state index is 16.7. The Morgan fingerprint density at radius 1 is 1.08 bits per heavy atom. The fourth-order valence-electron chi connectivity index (χ4n) is 7.55. The SMILES string of the molecule is CN1C[C@H](NC(=O)c2cccc(C=O)c2)C[C@H]1COc1nc(N2CC3CCC(C2)N3)c2cnc(-c3cccc4cccc(Cl)c34)c(F)c2n1. The Labute approximate surface area is 287 Å². The van der Waals surface area contributed by atoms with Crippen molar-refractivity contribution in [1.82, 2.24) is 30.5 Å². The Morgan fingerprint density at radius 3 is 2.65 bits per heavy atom. The number of hydrogen-bond donors (Lipinski definition) is 2. The predicted octanol–water partition coefficient (Wildman–Crippen LogP) is 5.27. The van der Waals surface area contributed by atoms with Gasteiger partial charge < -0.3 is 20.3 Å². The molecule has 250 valence electrons. The first-order valence-corrected chi connectivity index (χ1v) is 17.0. The average Bonchev–Trinajstić information content (AvgIpc) is 3.65. The minimum Gasteiger partial charge on any atom is -0.462 e. The van der Waals surface area contributed by atoms with E-state index in [2.05, 4.69) is 30.4 Å². The van der Waals surface area contributed by atoms with Gasteiger partial charge in [-0.05, 0) is 49.9 Å². The van der Waals surface area contributed by atoms with E-state index in [0.29, 0.717) is 58.0 Å². The van der Waals surface area contributed by atoms with Crippen LogP contribution in [0, 0.1) is 5.82 Å². The number of piperazine rings is 1. The van der Waals surface area contributed by atoms with Crippen LogP contribution in [-0.2, 0) is 0 Å². The fourth-order valence-corrected chi connectivity index (χ4v) is 7.83.